The molecule has 0 spiro atoms. The molecule has 1 atom stereocenters. The Labute approximate surface area is 119 Å². The number of ether oxygens (including phenoxy) is 2. The van der Waals surface area contributed by atoms with Crippen molar-refractivity contribution in [3.8, 4) is 5.75 Å². The molecule has 0 amide bonds. The Morgan fingerprint density at radius 1 is 1.60 bits per heavy atom. The van der Waals surface area contributed by atoms with Crippen molar-refractivity contribution in [1.82, 2.24) is 0 Å². The summed E-state index contributed by atoms with van der Waals surface area (Å²) in [5, 5.41) is 19.7. The van der Waals surface area contributed by atoms with Crippen molar-refractivity contribution in [3.05, 3.63) is 32.8 Å². The summed E-state index contributed by atoms with van der Waals surface area (Å²) >= 11 is 5.88. The molecule has 1 saturated heterocycles. The summed E-state index contributed by atoms with van der Waals surface area (Å²) in [6.07, 6.45) is 0.826. The van der Waals surface area contributed by atoms with Crippen LogP contribution in [0.5, 0.6) is 5.75 Å². The van der Waals surface area contributed by atoms with E-state index in [0.29, 0.717) is 13.2 Å². The summed E-state index contributed by atoms with van der Waals surface area (Å²) < 4.78 is 10.6. The molecular weight excluding hydrogens is 290 g/mol. The van der Waals surface area contributed by atoms with Crippen molar-refractivity contribution in [3.63, 3.8) is 0 Å². The molecule has 1 aliphatic rings. The molecule has 0 aliphatic carbocycles. The second-order valence-corrected chi connectivity index (χ2v) is 4.81. The smallest absolute Gasteiger partial charge is 0.339 e. The standard InChI is InChI=1S/C12H12ClNO6/c13-10-4-8(14(17)18)3-9(12(15)16)11(10)20-6-7-1-2-19-5-7/h3-4,7H,1-2,5-6H2,(H,15,16). The van der Waals surface area contributed by atoms with Gasteiger partial charge in [-0.15, -0.1) is 0 Å². The first-order chi connectivity index (χ1) is 9.49. The molecule has 8 heteroatoms. The first kappa shape index (κ1) is 14.5. The van der Waals surface area contributed by atoms with Crippen LogP contribution in [0.1, 0.15) is 16.8 Å². The zero-order valence-electron chi connectivity index (χ0n) is 10.4. The molecule has 1 heterocycles. The molecule has 0 radical (unpaired) electrons. The van der Waals surface area contributed by atoms with Crippen molar-refractivity contribution in [2.24, 2.45) is 5.92 Å². The molecule has 1 unspecified atom stereocenters. The van der Waals surface area contributed by atoms with Crippen molar-refractivity contribution >= 4 is 23.3 Å². The topological polar surface area (TPSA) is 98.9 Å². The van der Waals surface area contributed by atoms with Gasteiger partial charge in [0.15, 0.2) is 5.75 Å². The van der Waals surface area contributed by atoms with Crippen LogP contribution < -0.4 is 4.74 Å². The molecule has 1 aromatic rings. The number of carboxylic acids is 1. The highest BCUT2D eigenvalue weighted by atomic mass is 35.5. The monoisotopic (exact) mass is 301 g/mol. The molecule has 0 bridgehead atoms. The zero-order chi connectivity index (χ0) is 14.7. The van der Waals surface area contributed by atoms with Gasteiger partial charge in [-0.25, -0.2) is 4.79 Å². The van der Waals surface area contributed by atoms with Gasteiger partial charge >= 0.3 is 5.97 Å². The second kappa shape index (κ2) is 6.06. The van der Waals surface area contributed by atoms with Crippen LogP contribution in [0.2, 0.25) is 5.02 Å². The predicted octanol–water partition coefficient (Wildman–Crippen LogP) is 2.36. The van der Waals surface area contributed by atoms with E-state index < -0.39 is 10.9 Å². The molecule has 1 fully saturated rings. The van der Waals surface area contributed by atoms with E-state index in [4.69, 9.17) is 26.2 Å². The van der Waals surface area contributed by atoms with E-state index in [-0.39, 0.29) is 34.5 Å². The van der Waals surface area contributed by atoms with Crippen molar-refractivity contribution in [1.29, 1.82) is 0 Å². The van der Waals surface area contributed by atoms with Gasteiger partial charge in [0.2, 0.25) is 0 Å². The van der Waals surface area contributed by atoms with Crippen LogP contribution in [0.25, 0.3) is 0 Å². The molecule has 20 heavy (non-hydrogen) atoms. The Hall–Kier alpha value is -1.86. The molecule has 1 aromatic carbocycles. The van der Waals surface area contributed by atoms with Crippen LogP contribution in [0.3, 0.4) is 0 Å². The van der Waals surface area contributed by atoms with Gasteiger partial charge < -0.3 is 14.6 Å². The van der Waals surface area contributed by atoms with E-state index in [9.17, 15) is 14.9 Å². The van der Waals surface area contributed by atoms with Gasteiger partial charge in [0.05, 0.1) is 23.2 Å². The number of non-ortho nitro benzene ring substituents is 1. The number of carbonyl (C=O) groups is 1. The van der Waals surface area contributed by atoms with Gasteiger partial charge in [-0.05, 0) is 6.42 Å². The first-order valence-corrected chi connectivity index (χ1v) is 6.28. The Morgan fingerprint density at radius 3 is 2.90 bits per heavy atom. The molecule has 0 saturated carbocycles. The third-order valence-electron chi connectivity index (χ3n) is 2.96. The molecule has 7 nitrogen and oxygen atoms in total. The van der Waals surface area contributed by atoms with Crippen molar-refractivity contribution in [2.75, 3.05) is 19.8 Å². The largest absolute Gasteiger partial charge is 0.491 e. The van der Waals surface area contributed by atoms with Crippen LogP contribution in [0.4, 0.5) is 5.69 Å². The molecule has 108 valence electrons. The Balaban J connectivity index is 2.25. The summed E-state index contributed by atoms with van der Waals surface area (Å²) in [6, 6.07) is 2.02. The quantitative estimate of drug-likeness (QED) is 0.662. The third-order valence-corrected chi connectivity index (χ3v) is 3.24. The summed E-state index contributed by atoms with van der Waals surface area (Å²) in [5.41, 5.74) is -0.702. The average Bonchev–Trinajstić information content (AvgIpc) is 2.89. The van der Waals surface area contributed by atoms with E-state index >= 15 is 0 Å². The summed E-state index contributed by atoms with van der Waals surface area (Å²) in [6.45, 7) is 1.46. The molecule has 1 aliphatic heterocycles. The SMILES string of the molecule is O=C(O)c1cc([N+](=O)[O-])cc(Cl)c1OCC1CCOC1. The van der Waals surface area contributed by atoms with Gasteiger partial charge in [-0.3, -0.25) is 10.1 Å². The highest BCUT2D eigenvalue weighted by molar-refractivity contribution is 6.32. The van der Waals surface area contributed by atoms with Gasteiger partial charge in [0.25, 0.3) is 5.69 Å². The zero-order valence-corrected chi connectivity index (χ0v) is 11.1. The number of halogens is 1. The molecule has 0 aromatic heterocycles. The predicted molar refractivity (Wildman–Crippen MR) is 69.5 cm³/mol. The van der Waals surface area contributed by atoms with E-state index in [2.05, 4.69) is 0 Å². The fourth-order valence-electron chi connectivity index (χ4n) is 1.91. The minimum absolute atomic E-state index is 0.0448. The number of hydrogen-bond donors (Lipinski definition) is 1. The lowest BCUT2D eigenvalue weighted by molar-refractivity contribution is -0.384. The van der Waals surface area contributed by atoms with Crippen LogP contribution in [0.15, 0.2) is 12.1 Å². The minimum atomic E-state index is -1.33. The van der Waals surface area contributed by atoms with E-state index in [1.54, 1.807) is 0 Å². The Bertz CT molecular complexity index is 541. The number of aromatic carboxylic acids is 1. The second-order valence-electron chi connectivity index (χ2n) is 4.41. The minimum Gasteiger partial charge on any atom is -0.491 e. The highest BCUT2D eigenvalue weighted by Crippen LogP contribution is 2.34. The van der Waals surface area contributed by atoms with Gasteiger partial charge in [0.1, 0.15) is 5.56 Å². The molecule has 1 N–H and O–H groups in total. The number of rotatable bonds is 5. The van der Waals surface area contributed by atoms with Crippen LogP contribution in [0, 0.1) is 16.0 Å². The lowest BCUT2D eigenvalue weighted by atomic mass is 10.1. The number of nitrogens with zero attached hydrogens (tertiary/aromatic N) is 1. The first-order valence-electron chi connectivity index (χ1n) is 5.91. The number of carboxylic acid groups (broad SMARTS) is 1. The fraction of sp³-hybridized carbons (Fsp3) is 0.417. The number of nitro benzene ring substituents is 1. The molecule has 2 rings (SSSR count). The van der Waals surface area contributed by atoms with Crippen LogP contribution in [-0.2, 0) is 4.74 Å². The normalized spacial score (nSPS) is 17.9. The molecular formula is C12H12ClNO6. The summed E-state index contributed by atoms with van der Waals surface area (Å²) in [4.78, 5) is 21.2. The average molecular weight is 302 g/mol. The van der Waals surface area contributed by atoms with Crippen LogP contribution in [-0.4, -0.2) is 35.8 Å². The highest BCUT2D eigenvalue weighted by Gasteiger charge is 2.23. The maximum Gasteiger partial charge on any atom is 0.339 e. The Kier molecular flexibility index (Phi) is 4.41. The Morgan fingerprint density at radius 2 is 2.35 bits per heavy atom. The van der Waals surface area contributed by atoms with Crippen LogP contribution >= 0.6 is 11.6 Å². The lowest BCUT2D eigenvalue weighted by Gasteiger charge is -2.13. The fourth-order valence-corrected chi connectivity index (χ4v) is 2.17. The number of benzene rings is 1. The summed E-state index contributed by atoms with van der Waals surface area (Å²) in [5.74, 6) is -1.20. The van der Waals surface area contributed by atoms with Gasteiger partial charge in [-0.2, -0.15) is 0 Å². The lowest BCUT2D eigenvalue weighted by Crippen LogP contribution is -2.14. The van der Waals surface area contributed by atoms with Gasteiger partial charge in [0, 0.05) is 24.7 Å². The van der Waals surface area contributed by atoms with Gasteiger partial charge in [-0.1, -0.05) is 11.6 Å². The van der Waals surface area contributed by atoms with E-state index in [0.717, 1.165) is 18.6 Å². The maximum absolute atomic E-state index is 11.2. The third kappa shape index (κ3) is 3.17. The van der Waals surface area contributed by atoms with E-state index in [1.807, 2.05) is 0 Å². The summed E-state index contributed by atoms with van der Waals surface area (Å²) in [7, 11) is 0. The number of nitro groups is 1. The van der Waals surface area contributed by atoms with Crippen molar-refractivity contribution in [2.45, 2.75) is 6.42 Å². The number of hydrogen-bond acceptors (Lipinski definition) is 5. The van der Waals surface area contributed by atoms with Crippen molar-refractivity contribution < 1.29 is 24.3 Å². The maximum atomic E-state index is 11.2. The van der Waals surface area contributed by atoms with E-state index in [1.165, 1.54) is 0 Å².